The summed E-state index contributed by atoms with van der Waals surface area (Å²) >= 11 is 0. The van der Waals surface area contributed by atoms with E-state index in [1.165, 1.54) is 25.7 Å². The van der Waals surface area contributed by atoms with Crippen molar-refractivity contribution in [2.24, 2.45) is 5.92 Å². The van der Waals surface area contributed by atoms with Gasteiger partial charge >= 0.3 is 0 Å². The van der Waals surface area contributed by atoms with E-state index in [1.54, 1.807) is 0 Å². The lowest BCUT2D eigenvalue weighted by atomic mass is 10.1. The van der Waals surface area contributed by atoms with Crippen LogP contribution in [0.25, 0.3) is 0 Å². The Morgan fingerprint density at radius 2 is 1.83 bits per heavy atom. The van der Waals surface area contributed by atoms with E-state index in [4.69, 9.17) is 15.4 Å². The van der Waals surface area contributed by atoms with Gasteiger partial charge in [0.1, 0.15) is 0 Å². The Morgan fingerprint density at radius 3 is 2.33 bits per heavy atom. The van der Waals surface area contributed by atoms with E-state index in [-0.39, 0.29) is 17.8 Å². The largest absolute Gasteiger partial charge is 0.378 e. The summed E-state index contributed by atoms with van der Waals surface area (Å²) in [5.41, 5.74) is 0. The van der Waals surface area contributed by atoms with Crippen LogP contribution in [0.15, 0.2) is 0 Å². The second kappa shape index (κ2) is 10.0. The molecule has 0 spiro atoms. The monoisotopic (exact) mass is 298 g/mol. The lowest BCUT2D eigenvalue weighted by Gasteiger charge is -2.18. The van der Waals surface area contributed by atoms with Crippen molar-refractivity contribution in [1.29, 1.82) is 0 Å². The predicted octanol–water partition coefficient (Wildman–Crippen LogP) is 3.96. The Kier molecular flexibility index (Phi) is 10.2. The summed E-state index contributed by atoms with van der Waals surface area (Å²) in [5.74, 6) is 0.0127. The predicted molar refractivity (Wildman–Crippen MR) is 77.6 cm³/mol. The lowest BCUT2D eigenvalue weighted by molar-refractivity contribution is 0.0374. The Balaban J connectivity index is 3.77. The van der Waals surface area contributed by atoms with Crippen LogP contribution in [0.4, 0.5) is 0 Å². The third-order valence-electron chi connectivity index (χ3n) is 3.09. The molecule has 0 aliphatic heterocycles. The standard InChI is InChI=1S/C13H27ClO3S/c1-4-6-7-8-9-12(3)17-10-13(5-2)11-18(14,15)16/h12-13H,4-11H2,1-3H3. The highest BCUT2D eigenvalue weighted by Gasteiger charge is 2.16. The third kappa shape index (κ3) is 11.3. The number of hydrogen-bond donors (Lipinski definition) is 0. The van der Waals surface area contributed by atoms with E-state index < -0.39 is 9.05 Å². The number of hydrogen-bond acceptors (Lipinski definition) is 3. The first-order valence-corrected chi connectivity index (χ1v) is 9.40. The van der Waals surface area contributed by atoms with Gasteiger partial charge in [-0.15, -0.1) is 0 Å². The summed E-state index contributed by atoms with van der Waals surface area (Å²) < 4.78 is 27.7. The van der Waals surface area contributed by atoms with Crippen molar-refractivity contribution in [3.63, 3.8) is 0 Å². The first-order valence-electron chi connectivity index (χ1n) is 6.93. The van der Waals surface area contributed by atoms with Crippen LogP contribution >= 0.6 is 10.7 Å². The molecule has 0 aliphatic rings. The lowest BCUT2D eigenvalue weighted by Crippen LogP contribution is -2.20. The second-order valence-corrected chi connectivity index (χ2v) is 7.79. The highest BCUT2D eigenvalue weighted by Crippen LogP contribution is 2.13. The van der Waals surface area contributed by atoms with Crippen molar-refractivity contribution in [1.82, 2.24) is 0 Å². The minimum absolute atomic E-state index is 0.00518. The van der Waals surface area contributed by atoms with E-state index >= 15 is 0 Å². The fourth-order valence-electron chi connectivity index (χ4n) is 1.81. The summed E-state index contributed by atoms with van der Waals surface area (Å²) in [6, 6.07) is 0. The van der Waals surface area contributed by atoms with E-state index in [0.29, 0.717) is 6.61 Å². The maximum Gasteiger partial charge on any atom is 0.232 e. The van der Waals surface area contributed by atoms with Gasteiger partial charge in [0.2, 0.25) is 9.05 Å². The summed E-state index contributed by atoms with van der Waals surface area (Å²) in [4.78, 5) is 0. The van der Waals surface area contributed by atoms with Crippen LogP contribution in [-0.4, -0.2) is 26.9 Å². The second-order valence-electron chi connectivity index (χ2n) is 4.97. The first kappa shape index (κ1) is 18.2. The maximum absolute atomic E-state index is 11.0. The summed E-state index contributed by atoms with van der Waals surface area (Å²) in [5, 5.41) is 0. The van der Waals surface area contributed by atoms with Gasteiger partial charge in [0.15, 0.2) is 0 Å². The molecule has 0 heterocycles. The number of unbranched alkanes of at least 4 members (excludes halogenated alkanes) is 3. The molecular weight excluding hydrogens is 272 g/mol. The third-order valence-corrected chi connectivity index (χ3v) is 4.34. The molecule has 0 saturated heterocycles. The Bertz CT molecular complexity index is 291. The van der Waals surface area contributed by atoms with Gasteiger partial charge in [-0.2, -0.15) is 0 Å². The molecule has 0 bridgehead atoms. The van der Waals surface area contributed by atoms with Gasteiger partial charge in [-0.05, 0) is 19.3 Å². The molecule has 2 atom stereocenters. The molecule has 0 N–H and O–H groups in total. The SMILES string of the molecule is CCCCCCC(C)OCC(CC)CS(=O)(=O)Cl. The number of rotatable bonds is 11. The molecule has 0 aliphatic carbocycles. The molecule has 0 aromatic rings. The summed E-state index contributed by atoms with van der Waals surface area (Å²) in [6.45, 7) is 6.69. The number of halogens is 1. The number of ether oxygens (including phenoxy) is 1. The van der Waals surface area contributed by atoms with Crippen LogP contribution in [0.1, 0.15) is 59.3 Å². The van der Waals surface area contributed by atoms with Gasteiger partial charge in [-0.1, -0.05) is 46.0 Å². The fraction of sp³-hybridized carbons (Fsp3) is 1.00. The van der Waals surface area contributed by atoms with Crippen molar-refractivity contribution >= 4 is 19.7 Å². The van der Waals surface area contributed by atoms with Gasteiger partial charge in [0, 0.05) is 10.7 Å². The molecule has 18 heavy (non-hydrogen) atoms. The van der Waals surface area contributed by atoms with Crippen LogP contribution in [0, 0.1) is 5.92 Å². The molecule has 0 rings (SSSR count). The van der Waals surface area contributed by atoms with Gasteiger partial charge in [0.25, 0.3) is 0 Å². The molecule has 2 unspecified atom stereocenters. The summed E-state index contributed by atoms with van der Waals surface area (Å²) in [6.07, 6.45) is 6.96. The molecule has 0 amide bonds. The topological polar surface area (TPSA) is 43.4 Å². The van der Waals surface area contributed by atoms with E-state index in [9.17, 15) is 8.42 Å². The molecule has 0 radical (unpaired) electrons. The average Bonchev–Trinajstić information content (AvgIpc) is 2.28. The normalized spacial score (nSPS) is 15.6. The molecule has 0 aromatic carbocycles. The smallest absolute Gasteiger partial charge is 0.232 e. The van der Waals surface area contributed by atoms with Crippen molar-refractivity contribution in [3.8, 4) is 0 Å². The van der Waals surface area contributed by atoms with E-state index in [2.05, 4.69) is 6.92 Å². The maximum atomic E-state index is 11.0. The van der Waals surface area contributed by atoms with Crippen molar-refractivity contribution < 1.29 is 13.2 Å². The van der Waals surface area contributed by atoms with E-state index in [0.717, 1.165) is 12.8 Å². The molecule has 3 nitrogen and oxygen atoms in total. The fourth-order valence-corrected chi connectivity index (χ4v) is 3.24. The van der Waals surface area contributed by atoms with Gasteiger partial charge in [0.05, 0.1) is 18.5 Å². The molecular formula is C13H27ClO3S. The quantitative estimate of drug-likeness (QED) is 0.428. The van der Waals surface area contributed by atoms with Crippen molar-refractivity contribution in [2.45, 2.75) is 65.4 Å². The summed E-state index contributed by atoms with van der Waals surface area (Å²) in [7, 11) is 1.84. The Labute approximate surface area is 117 Å². The minimum atomic E-state index is -3.42. The van der Waals surface area contributed by atoms with Crippen LogP contribution in [0.3, 0.4) is 0 Å². The van der Waals surface area contributed by atoms with Gasteiger partial charge in [-0.3, -0.25) is 0 Å². The van der Waals surface area contributed by atoms with E-state index in [1.807, 2.05) is 13.8 Å². The van der Waals surface area contributed by atoms with Crippen LogP contribution in [-0.2, 0) is 13.8 Å². The zero-order valence-corrected chi connectivity index (χ0v) is 13.4. The Hall–Kier alpha value is 0.200. The molecule has 0 saturated carbocycles. The Morgan fingerprint density at radius 1 is 1.17 bits per heavy atom. The van der Waals surface area contributed by atoms with Gasteiger partial charge in [-0.25, -0.2) is 8.42 Å². The van der Waals surface area contributed by atoms with Crippen LogP contribution in [0.5, 0.6) is 0 Å². The molecule has 110 valence electrons. The zero-order valence-electron chi connectivity index (χ0n) is 11.8. The van der Waals surface area contributed by atoms with Crippen LogP contribution in [0.2, 0.25) is 0 Å². The highest BCUT2D eigenvalue weighted by atomic mass is 35.7. The van der Waals surface area contributed by atoms with Crippen molar-refractivity contribution in [3.05, 3.63) is 0 Å². The highest BCUT2D eigenvalue weighted by molar-refractivity contribution is 8.13. The minimum Gasteiger partial charge on any atom is -0.378 e. The molecule has 0 fully saturated rings. The zero-order chi connectivity index (χ0) is 14.0. The van der Waals surface area contributed by atoms with Crippen molar-refractivity contribution in [2.75, 3.05) is 12.4 Å². The molecule has 5 heteroatoms. The van der Waals surface area contributed by atoms with Gasteiger partial charge < -0.3 is 4.74 Å². The van der Waals surface area contributed by atoms with Crippen LogP contribution < -0.4 is 0 Å². The molecule has 0 aromatic heterocycles. The first-order chi connectivity index (χ1) is 8.39. The average molecular weight is 299 g/mol.